The molecule has 0 saturated heterocycles. The number of aliphatic carboxylic acids is 1. The first-order chi connectivity index (χ1) is 17.2. The molecule has 8 nitrogen and oxygen atoms in total. The number of nitrogens with zero attached hydrogens (tertiary/aromatic N) is 3. The van der Waals surface area contributed by atoms with E-state index in [2.05, 4.69) is 27.6 Å². The van der Waals surface area contributed by atoms with Crippen molar-refractivity contribution >= 4 is 5.97 Å². The van der Waals surface area contributed by atoms with Gasteiger partial charge in [0.15, 0.2) is 0 Å². The Labute approximate surface area is 204 Å². The van der Waals surface area contributed by atoms with E-state index in [0.29, 0.717) is 18.1 Å². The summed E-state index contributed by atoms with van der Waals surface area (Å²) in [6, 6.07) is 14.2. The molecule has 1 aliphatic rings. The molecule has 1 atom stereocenters. The molecule has 4 aromatic rings. The Morgan fingerprint density at radius 3 is 2.61 bits per heavy atom. The average Bonchev–Trinajstić information content (AvgIpc) is 3.55. The van der Waals surface area contributed by atoms with Crippen LogP contribution >= 0.6 is 0 Å². The first-order valence-electron chi connectivity index (χ1n) is 11.1. The van der Waals surface area contributed by atoms with Crippen LogP contribution in [0, 0.1) is 6.92 Å². The Morgan fingerprint density at radius 1 is 1.19 bits per heavy atom. The molecule has 2 N–H and O–H groups in total. The second-order valence-corrected chi connectivity index (χ2v) is 8.15. The summed E-state index contributed by atoms with van der Waals surface area (Å²) in [5.74, 6) is -0.636. The van der Waals surface area contributed by atoms with Crippen molar-refractivity contribution in [2.45, 2.75) is 38.4 Å². The minimum atomic E-state index is -5.08. The van der Waals surface area contributed by atoms with E-state index >= 15 is 0 Å². The summed E-state index contributed by atoms with van der Waals surface area (Å²) < 4.78 is 43.1. The number of hydrogen-bond acceptors (Lipinski definition) is 7. The van der Waals surface area contributed by atoms with Gasteiger partial charge in [-0.05, 0) is 48.7 Å². The molecule has 5 rings (SSSR count). The summed E-state index contributed by atoms with van der Waals surface area (Å²) in [7, 11) is 0. The summed E-state index contributed by atoms with van der Waals surface area (Å²) in [6.45, 7) is 3.78. The number of carboxylic acids is 1. The first-order valence-corrected chi connectivity index (χ1v) is 11.1. The minimum Gasteiger partial charge on any atom is -0.475 e. The molecule has 188 valence electrons. The van der Waals surface area contributed by atoms with Gasteiger partial charge in [0, 0.05) is 30.4 Å². The van der Waals surface area contributed by atoms with E-state index in [1.807, 2.05) is 43.5 Å². The maximum absolute atomic E-state index is 10.6. The zero-order chi connectivity index (χ0) is 25.7. The lowest BCUT2D eigenvalue weighted by Gasteiger charge is -2.19. The minimum absolute atomic E-state index is 0.0209. The molecule has 0 bridgehead atoms. The van der Waals surface area contributed by atoms with Crippen molar-refractivity contribution in [3.8, 4) is 11.4 Å². The monoisotopic (exact) mass is 500 g/mol. The molecule has 0 aliphatic carbocycles. The molecule has 36 heavy (non-hydrogen) atoms. The number of fused-ring (bicyclic) bond motifs is 1. The fourth-order valence-electron chi connectivity index (χ4n) is 4.04. The van der Waals surface area contributed by atoms with Gasteiger partial charge in [0.05, 0.1) is 12.2 Å². The number of carboxylic acid groups (broad SMARTS) is 1. The Morgan fingerprint density at radius 2 is 1.94 bits per heavy atom. The number of pyridine rings is 1. The normalized spacial score (nSPS) is 13.9. The van der Waals surface area contributed by atoms with Crippen molar-refractivity contribution in [3.63, 3.8) is 0 Å². The van der Waals surface area contributed by atoms with Gasteiger partial charge < -0.3 is 19.4 Å². The lowest BCUT2D eigenvalue weighted by molar-refractivity contribution is -0.192. The Kier molecular flexibility index (Phi) is 7.49. The Balaban J connectivity index is 0.000000384. The molecule has 1 aliphatic heterocycles. The van der Waals surface area contributed by atoms with Crippen LogP contribution in [0.5, 0.6) is 0 Å². The van der Waals surface area contributed by atoms with Gasteiger partial charge in [0.1, 0.15) is 5.76 Å². The fraction of sp³-hybridized carbons (Fsp3) is 0.280. The summed E-state index contributed by atoms with van der Waals surface area (Å²) in [5, 5.41) is 14.8. The zero-order valence-corrected chi connectivity index (χ0v) is 19.2. The van der Waals surface area contributed by atoms with E-state index in [4.69, 9.17) is 23.8 Å². The maximum atomic E-state index is 10.6. The van der Waals surface area contributed by atoms with E-state index < -0.39 is 12.1 Å². The molecule has 0 radical (unpaired) electrons. The average molecular weight is 500 g/mol. The van der Waals surface area contributed by atoms with E-state index in [9.17, 15) is 13.2 Å². The third-order valence-corrected chi connectivity index (χ3v) is 5.73. The van der Waals surface area contributed by atoms with Crippen molar-refractivity contribution in [2.75, 3.05) is 6.54 Å². The number of hydrogen-bond donors (Lipinski definition) is 2. The molecule has 0 saturated carbocycles. The molecule has 0 spiro atoms. The van der Waals surface area contributed by atoms with Crippen molar-refractivity contribution in [1.82, 2.24) is 20.4 Å². The molecule has 11 heteroatoms. The van der Waals surface area contributed by atoms with Gasteiger partial charge in [-0.25, -0.2) is 4.79 Å². The number of furan rings is 1. The topological polar surface area (TPSA) is 114 Å². The Bertz CT molecular complexity index is 1300. The van der Waals surface area contributed by atoms with Gasteiger partial charge in [-0.2, -0.15) is 18.2 Å². The molecule has 1 aromatic carbocycles. The highest BCUT2D eigenvalue weighted by atomic mass is 19.4. The van der Waals surface area contributed by atoms with Crippen molar-refractivity contribution in [3.05, 3.63) is 89.0 Å². The van der Waals surface area contributed by atoms with Crippen molar-refractivity contribution in [2.24, 2.45) is 0 Å². The van der Waals surface area contributed by atoms with Gasteiger partial charge in [0.25, 0.3) is 0 Å². The van der Waals surface area contributed by atoms with E-state index in [1.165, 1.54) is 11.1 Å². The Hall–Kier alpha value is -3.99. The number of halogens is 3. The number of rotatable bonds is 5. The van der Waals surface area contributed by atoms with E-state index in [-0.39, 0.29) is 5.92 Å². The highest BCUT2D eigenvalue weighted by Gasteiger charge is 2.38. The standard InChI is InChI=1S/C23H22N4O2.C2HF3O2/c1-15-22(18-9-10-24-13-17(18)14-25-15)23-26-21(29-27-23)12-19(20-8-5-11-28-20)16-6-3-2-4-7-16;3-2(4,5)1(6)7/h2-8,11,14,19,24H,9-10,12-13H2,1H3;(H,6,7). The van der Waals surface area contributed by atoms with Crippen molar-refractivity contribution in [1.29, 1.82) is 0 Å². The predicted molar refractivity (Wildman–Crippen MR) is 122 cm³/mol. The van der Waals surface area contributed by atoms with Crippen LogP contribution in [-0.2, 0) is 24.2 Å². The molecule has 0 fully saturated rings. The predicted octanol–water partition coefficient (Wildman–Crippen LogP) is 4.69. The van der Waals surface area contributed by atoms with Crippen LogP contribution in [0.15, 0.2) is 63.9 Å². The number of carbonyl (C=O) groups is 1. The number of aromatic nitrogens is 3. The van der Waals surface area contributed by atoms with Gasteiger partial charge in [0.2, 0.25) is 11.7 Å². The SMILES string of the molecule is Cc1ncc2c(c1-c1noc(CC(c3ccccc3)c3ccco3)n1)CCNC2.O=C(O)C(F)(F)F. The van der Waals surface area contributed by atoms with Crippen LogP contribution in [0.25, 0.3) is 11.4 Å². The molecule has 4 heterocycles. The first kappa shape index (κ1) is 25.1. The van der Waals surface area contributed by atoms with Crippen LogP contribution in [0.2, 0.25) is 0 Å². The maximum Gasteiger partial charge on any atom is 0.490 e. The summed E-state index contributed by atoms with van der Waals surface area (Å²) >= 11 is 0. The zero-order valence-electron chi connectivity index (χ0n) is 19.2. The summed E-state index contributed by atoms with van der Waals surface area (Å²) in [6.07, 6.45) is 0.0814. The fourth-order valence-corrected chi connectivity index (χ4v) is 4.04. The second kappa shape index (κ2) is 10.7. The molecular weight excluding hydrogens is 477 g/mol. The largest absolute Gasteiger partial charge is 0.490 e. The summed E-state index contributed by atoms with van der Waals surface area (Å²) in [5.41, 5.74) is 5.58. The van der Waals surface area contributed by atoms with Gasteiger partial charge in [-0.3, -0.25) is 4.98 Å². The molecule has 3 aromatic heterocycles. The van der Waals surface area contributed by atoms with E-state index in [1.54, 1.807) is 6.26 Å². The van der Waals surface area contributed by atoms with E-state index in [0.717, 1.165) is 42.1 Å². The number of nitrogens with one attached hydrogen (secondary N) is 1. The molecular formula is C25H23F3N4O4. The molecule has 1 unspecified atom stereocenters. The molecule has 0 amide bonds. The number of alkyl halides is 3. The van der Waals surface area contributed by atoms with Crippen LogP contribution in [0.1, 0.15) is 40.0 Å². The van der Waals surface area contributed by atoms with Crippen molar-refractivity contribution < 1.29 is 32.0 Å². The van der Waals surface area contributed by atoms with Crippen LogP contribution in [0.3, 0.4) is 0 Å². The third-order valence-electron chi connectivity index (χ3n) is 5.73. The lowest BCUT2D eigenvalue weighted by atomic mass is 9.93. The third kappa shape index (κ3) is 5.80. The second-order valence-electron chi connectivity index (χ2n) is 8.15. The smallest absolute Gasteiger partial charge is 0.475 e. The van der Waals surface area contributed by atoms with Crippen LogP contribution in [-0.4, -0.2) is 38.9 Å². The van der Waals surface area contributed by atoms with Crippen LogP contribution < -0.4 is 5.32 Å². The number of benzene rings is 1. The highest BCUT2D eigenvalue weighted by molar-refractivity contribution is 5.73. The van der Waals surface area contributed by atoms with Gasteiger partial charge in [-0.1, -0.05) is 35.5 Å². The highest BCUT2D eigenvalue weighted by Crippen LogP contribution is 2.31. The van der Waals surface area contributed by atoms with Gasteiger partial charge in [-0.15, -0.1) is 0 Å². The quantitative estimate of drug-likeness (QED) is 0.406. The lowest BCUT2D eigenvalue weighted by Crippen LogP contribution is -2.24. The number of aryl methyl sites for hydroxylation is 1. The van der Waals surface area contributed by atoms with Crippen LogP contribution in [0.4, 0.5) is 13.2 Å². The van der Waals surface area contributed by atoms with Gasteiger partial charge >= 0.3 is 12.1 Å². The summed E-state index contributed by atoms with van der Waals surface area (Å²) in [4.78, 5) is 18.2.